The number of rotatable bonds is 22. The van der Waals surface area contributed by atoms with Crippen molar-refractivity contribution in [3.8, 4) is 124 Å². The normalized spacial score (nSPS) is 13.5. The fraction of sp³-hybridized carbons (Fsp3) is 0.208. The molecule has 21 nitrogen and oxygen atoms in total. The van der Waals surface area contributed by atoms with Crippen LogP contribution < -0.4 is 56.8 Å². The van der Waals surface area contributed by atoms with E-state index in [1.165, 1.54) is 67.0 Å². The van der Waals surface area contributed by atoms with Crippen molar-refractivity contribution in [2.24, 2.45) is 14.1 Å². The van der Waals surface area contributed by atoms with E-state index in [1.807, 2.05) is 118 Å². The molecule has 5 heterocycles. The molecule has 1 fully saturated rings. The largest absolute Gasteiger partial charge is 0.493 e. The first-order valence-electron chi connectivity index (χ1n) is 47.3. The Morgan fingerprint density at radius 3 is 0.986 bits per heavy atom. The molecule has 2 unspecified atom stereocenters. The van der Waals surface area contributed by atoms with Crippen LogP contribution in [-0.2, 0) is 80.0 Å². The first-order valence-corrected chi connectivity index (χ1v) is 47.3. The van der Waals surface area contributed by atoms with E-state index in [-0.39, 0.29) is 52.9 Å². The van der Waals surface area contributed by atoms with Gasteiger partial charge in [-0.15, -0.1) is 0 Å². The highest BCUT2D eigenvalue weighted by Crippen LogP contribution is 2.56. The molecule has 2 atom stereocenters. The third-order valence-electron chi connectivity index (χ3n) is 28.7. The zero-order valence-corrected chi connectivity index (χ0v) is 81.2. The lowest BCUT2D eigenvalue weighted by atomic mass is 9.85. The van der Waals surface area contributed by atoms with Crippen molar-refractivity contribution < 1.29 is 97.7 Å². The Morgan fingerprint density at radius 1 is 0.291 bits per heavy atom. The summed E-state index contributed by atoms with van der Waals surface area (Å²) in [6, 6.07) is 83.0. The van der Waals surface area contributed by atoms with Gasteiger partial charge in [-0.3, -0.25) is 4.98 Å². The molecule has 21 heteroatoms. The Labute approximate surface area is 817 Å². The summed E-state index contributed by atoms with van der Waals surface area (Å²) in [5.74, 6) is 6.22. The van der Waals surface area contributed by atoms with Gasteiger partial charge in [0.25, 0.3) is 0 Å². The number of aromatic nitrogens is 3. The monoisotopic (exact) mass is 1880 g/mol. The smallest absolute Gasteiger partial charge is 0.220 e. The number of fused-ring (bicyclic) bond motifs is 20. The Kier molecular flexibility index (Phi) is 27.3. The van der Waals surface area contributed by atoms with E-state index in [4.69, 9.17) is 37.9 Å². The van der Waals surface area contributed by atoms with Crippen molar-refractivity contribution in [3.05, 3.63) is 329 Å². The van der Waals surface area contributed by atoms with Gasteiger partial charge in [-0.2, -0.15) is 9.13 Å². The summed E-state index contributed by atoms with van der Waals surface area (Å²) in [7, 11) is 21.7. The fourth-order valence-electron chi connectivity index (χ4n) is 21.9. The third-order valence-corrected chi connectivity index (χ3v) is 28.7. The number of nitrogens with one attached hydrogen (secondary N) is 2. The molecule has 712 valence electrons. The number of aryl methyl sites for hydroxylation is 2. The van der Waals surface area contributed by atoms with Crippen LogP contribution in [0.3, 0.4) is 0 Å². The highest BCUT2D eigenvalue weighted by molar-refractivity contribution is 6.20. The van der Waals surface area contributed by atoms with Crippen LogP contribution in [0, 0.1) is 0 Å². The summed E-state index contributed by atoms with van der Waals surface area (Å²) in [4.78, 5) is 6.79. The van der Waals surface area contributed by atoms with Gasteiger partial charge < -0.3 is 88.5 Å². The van der Waals surface area contributed by atoms with Crippen molar-refractivity contribution in [2.75, 3.05) is 71.0 Å². The van der Waals surface area contributed by atoms with Gasteiger partial charge in [0.1, 0.15) is 38.6 Å². The van der Waals surface area contributed by atoms with Crippen molar-refractivity contribution in [3.63, 3.8) is 0 Å². The summed E-state index contributed by atoms with van der Waals surface area (Å²) in [5.41, 5.74) is 29.3. The van der Waals surface area contributed by atoms with E-state index in [0.717, 1.165) is 211 Å². The fourth-order valence-corrected chi connectivity index (χ4v) is 21.9. The van der Waals surface area contributed by atoms with Crippen LogP contribution in [-0.4, -0.2) is 117 Å². The van der Waals surface area contributed by atoms with Gasteiger partial charge in [0.05, 0.1) is 156 Å². The standard InChI is InChI=1S/C34H31NO4.C34H30NO4.C27H25N2O4.C25H27NO4/c2*1-35-18-29-25(14-13-24(19-36)30(29)20-37)27-16-15-26-28(33(27)35)17-31(38-2)34(39-3)32(26)23-11-9-22(10-12-23)21-7-5-4-6-8-21;1-29-13-22-18(7-6-17(14-30)23(22)15-31)20-9-8-19-21(26(20)29)11-24(32-2)27(33-3)25(19)16-5-4-10-28-12-16;1-26-11-20-16(7-6-15(12-27)21(20)13-28)18-9-8-17-19(24(18)26)10-22(29-2)25(30-3)23(17)14-4-5-14/h4-17,36-37H,18-20H2,1-3H3;4-18,36-37H,19-20H2,1-3H3;4-13,30-31H,14-15H2,1-3H3;6-10,14,27-28H,4-5,11-13H2,1-3H3/q;2*+1;/p+2. The van der Waals surface area contributed by atoms with Crippen molar-refractivity contribution in [1.29, 1.82) is 0 Å². The predicted molar refractivity (Wildman–Crippen MR) is 556 cm³/mol. The lowest BCUT2D eigenvalue weighted by Crippen LogP contribution is -3.03. The molecule has 0 saturated heterocycles. The number of benzene rings is 16. The van der Waals surface area contributed by atoms with Gasteiger partial charge in [-0.1, -0.05) is 188 Å². The maximum Gasteiger partial charge on any atom is 0.220 e. The summed E-state index contributed by atoms with van der Waals surface area (Å²) in [6.07, 6.45) is 10.00. The number of hydrogen-bond acceptors (Lipinski definition) is 17. The lowest BCUT2D eigenvalue weighted by Gasteiger charge is -2.29. The average molecular weight is 1880 g/mol. The van der Waals surface area contributed by atoms with E-state index in [9.17, 15) is 40.9 Å². The number of methoxy groups -OCH3 is 8. The number of quaternary nitrogens is 2. The van der Waals surface area contributed by atoms with Crippen LogP contribution in [0.2, 0.25) is 0 Å². The molecule has 1 saturated carbocycles. The topological polar surface area (TPSA) is 265 Å². The van der Waals surface area contributed by atoms with E-state index < -0.39 is 0 Å². The molecular weight excluding hydrogens is 1770 g/mol. The van der Waals surface area contributed by atoms with Crippen LogP contribution in [0.25, 0.3) is 164 Å². The molecule has 141 heavy (non-hydrogen) atoms. The molecule has 0 spiro atoms. The number of ether oxygens (including phenoxy) is 8. The van der Waals surface area contributed by atoms with Gasteiger partial charge in [0, 0.05) is 94.8 Å². The minimum atomic E-state index is -0.138. The van der Waals surface area contributed by atoms with E-state index in [1.54, 1.807) is 63.1 Å². The number of aliphatic hydroxyl groups excluding tert-OH is 8. The highest BCUT2D eigenvalue weighted by atomic mass is 16.5. The predicted octanol–water partition coefficient (Wildman–Crippen LogP) is 18.9. The second-order valence-electron chi connectivity index (χ2n) is 36.1. The van der Waals surface area contributed by atoms with E-state index in [2.05, 4.69) is 186 Å². The third kappa shape index (κ3) is 16.8. The van der Waals surface area contributed by atoms with Gasteiger partial charge in [0.2, 0.25) is 11.0 Å². The molecule has 22 rings (SSSR count). The maximum atomic E-state index is 10.1. The SMILES string of the molecule is COc1cc2c(ccc3c4ccc(CO)c(CO)c4c[n+](C)c23)c(-c2ccc(-c3ccccc3)cc2)c1OC.COc1cc2c(ccc3c4ccc(CO)c(CO)c4c[n+](C)c23)c(-c2cccnc2)c1OC.COc1cc2c3c(ccc2c(-c2ccc(-c4ccccc4)cc2)c1OC)-c1ccc(CO)c(CO)c1C[NH+]3C.COc1cc2c3c(ccc2c(C2CC2)c1OC)-c1ccc(CO)c(CO)c1C[NH+]3C. The number of pyridine rings is 3. The summed E-state index contributed by atoms with van der Waals surface area (Å²) in [5, 5.41) is 94.1. The molecule has 1 aliphatic carbocycles. The Hall–Kier alpha value is -15.0. The molecule has 0 amide bonds. The van der Waals surface area contributed by atoms with Crippen LogP contribution in [0.15, 0.2) is 267 Å². The minimum Gasteiger partial charge on any atom is -0.493 e. The minimum absolute atomic E-state index is 0.0610. The molecule has 16 aromatic carbocycles. The van der Waals surface area contributed by atoms with Crippen molar-refractivity contribution in [2.45, 2.75) is 84.7 Å². The van der Waals surface area contributed by atoms with Crippen molar-refractivity contribution in [1.82, 2.24) is 4.98 Å². The number of aliphatic hydroxyl groups is 8. The van der Waals surface area contributed by atoms with Crippen LogP contribution in [0.5, 0.6) is 46.0 Å². The zero-order chi connectivity index (χ0) is 98.3. The van der Waals surface area contributed by atoms with Gasteiger partial charge in [-0.05, 0) is 173 Å². The van der Waals surface area contributed by atoms with E-state index in [0.29, 0.717) is 47.0 Å². The van der Waals surface area contributed by atoms with Gasteiger partial charge in [-0.25, -0.2) is 0 Å². The molecule has 2 aliphatic heterocycles. The second-order valence-corrected chi connectivity index (χ2v) is 36.1. The zero-order valence-electron chi connectivity index (χ0n) is 81.2. The molecule has 0 radical (unpaired) electrons. The summed E-state index contributed by atoms with van der Waals surface area (Å²) < 4.78 is 50.8. The van der Waals surface area contributed by atoms with Gasteiger partial charge >= 0.3 is 0 Å². The molecule has 3 aromatic heterocycles. The Morgan fingerprint density at radius 2 is 0.610 bits per heavy atom. The first-order chi connectivity index (χ1) is 68.9. The highest BCUT2D eigenvalue weighted by Gasteiger charge is 2.38. The average Bonchev–Trinajstić information content (AvgIpc) is 1.69. The first kappa shape index (κ1) is 95.0. The maximum absolute atomic E-state index is 10.1. The molecule has 19 aromatic rings. The quantitative estimate of drug-likeness (QED) is 0.0223. The molecule has 0 bridgehead atoms. The second kappa shape index (κ2) is 40.5. The van der Waals surface area contributed by atoms with Crippen LogP contribution in [0.4, 0.5) is 11.4 Å². The van der Waals surface area contributed by atoms with Crippen molar-refractivity contribution >= 4 is 97.8 Å². The molecule has 10 N–H and O–H groups in total. The van der Waals surface area contributed by atoms with Gasteiger partial charge in [0.15, 0.2) is 58.4 Å². The van der Waals surface area contributed by atoms with Crippen LogP contribution in [0.1, 0.15) is 80.0 Å². The summed E-state index contributed by atoms with van der Waals surface area (Å²) >= 11 is 0. The lowest BCUT2D eigenvalue weighted by molar-refractivity contribution is -0.824. The number of hydrogen-bond donors (Lipinski definition) is 10. The number of nitrogens with zero attached hydrogens (tertiary/aromatic N) is 3. The molecule has 3 aliphatic rings. The van der Waals surface area contributed by atoms with E-state index >= 15 is 0 Å². The Bertz CT molecular complexity index is 8060. The summed E-state index contributed by atoms with van der Waals surface area (Å²) in [6.45, 7) is 0.660. The Balaban J connectivity index is 0.000000120. The molecular formula is C120H115N5O16+4. The van der Waals surface area contributed by atoms with Crippen LogP contribution >= 0.6 is 0 Å².